The van der Waals surface area contributed by atoms with Crippen molar-refractivity contribution < 1.29 is 4.79 Å². The normalized spacial score (nSPS) is 11.4. The van der Waals surface area contributed by atoms with Crippen molar-refractivity contribution in [2.45, 2.75) is 13.8 Å². The van der Waals surface area contributed by atoms with Crippen LogP contribution >= 0.6 is 27.3 Å². The average molecular weight is 338 g/mol. The Hall–Kier alpha value is -1.53. The summed E-state index contributed by atoms with van der Waals surface area (Å²) in [6, 6.07) is 7.42. The lowest BCUT2D eigenvalue weighted by Crippen LogP contribution is -2.19. The minimum absolute atomic E-state index is 0.262. The molecule has 6 heteroatoms. The summed E-state index contributed by atoms with van der Waals surface area (Å²) in [4.78, 5) is 16.9. The third-order valence-corrected chi connectivity index (χ3v) is 4.16. The van der Waals surface area contributed by atoms with Crippen LogP contribution in [0.2, 0.25) is 0 Å². The van der Waals surface area contributed by atoms with Crippen LogP contribution in [0, 0.1) is 6.92 Å². The number of hydrazone groups is 1. The van der Waals surface area contributed by atoms with Crippen LogP contribution in [0.3, 0.4) is 0 Å². The Morgan fingerprint density at radius 2 is 2.16 bits per heavy atom. The smallest absolute Gasteiger partial charge is 0.267 e. The van der Waals surface area contributed by atoms with Gasteiger partial charge in [0.25, 0.3) is 5.91 Å². The zero-order valence-electron chi connectivity index (χ0n) is 10.5. The lowest BCUT2D eigenvalue weighted by Gasteiger charge is -2.01. The van der Waals surface area contributed by atoms with Crippen molar-refractivity contribution in [2.75, 3.05) is 0 Å². The molecule has 0 aliphatic heterocycles. The van der Waals surface area contributed by atoms with Gasteiger partial charge < -0.3 is 0 Å². The van der Waals surface area contributed by atoms with Gasteiger partial charge >= 0.3 is 0 Å². The number of rotatable bonds is 3. The Kier molecular flexibility index (Phi) is 4.44. The van der Waals surface area contributed by atoms with E-state index >= 15 is 0 Å². The molecule has 2 heterocycles. The second kappa shape index (κ2) is 6.08. The largest absolute Gasteiger partial charge is 0.272 e. The summed E-state index contributed by atoms with van der Waals surface area (Å²) in [6.45, 7) is 3.73. The predicted molar refractivity (Wildman–Crippen MR) is 80.7 cm³/mol. The highest BCUT2D eigenvalue weighted by Gasteiger charge is 2.06. The van der Waals surface area contributed by atoms with Crippen LogP contribution in [-0.4, -0.2) is 16.6 Å². The molecule has 19 heavy (non-hydrogen) atoms. The number of hydrogen-bond donors (Lipinski definition) is 1. The molecule has 0 aromatic carbocycles. The summed E-state index contributed by atoms with van der Waals surface area (Å²) in [5.41, 5.74) is 4.66. The minimum Gasteiger partial charge on any atom is -0.267 e. The average Bonchev–Trinajstić information content (AvgIpc) is 2.83. The SMILES string of the molecule is C/C(=N/NC(=O)c1ccc(C)nc1)c1ccc(Br)s1. The summed E-state index contributed by atoms with van der Waals surface area (Å²) in [5.74, 6) is -0.262. The number of nitrogens with one attached hydrogen (secondary N) is 1. The molecule has 0 aliphatic rings. The highest BCUT2D eigenvalue weighted by Crippen LogP contribution is 2.22. The van der Waals surface area contributed by atoms with Crippen molar-refractivity contribution in [3.05, 3.63) is 50.4 Å². The van der Waals surface area contributed by atoms with E-state index < -0.39 is 0 Å². The van der Waals surface area contributed by atoms with E-state index in [1.54, 1.807) is 23.5 Å². The maximum atomic E-state index is 11.8. The van der Waals surface area contributed by atoms with E-state index in [0.717, 1.165) is 20.1 Å². The van der Waals surface area contributed by atoms with E-state index in [1.807, 2.05) is 26.0 Å². The maximum Gasteiger partial charge on any atom is 0.272 e. The molecule has 1 amide bonds. The summed E-state index contributed by atoms with van der Waals surface area (Å²) in [5, 5.41) is 4.09. The fourth-order valence-electron chi connectivity index (χ4n) is 1.37. The van der Waals surface area contributed by atoms with Gasteiger partial charge in [0.2, 0.25) is 0 Å². The summed E-state index contributed by atoms with van der Waals surface area (Å²) >= 11 is 4.96. The number of carbonyl (C=O) groups is 1. The van der Waals surface area contributed by atoms with E-state index in [0.29, 0.717) is 5.56 Å². The minimum atomic E-state index is -0.262. The predicted octanol–water partition coefficient (Wildman–Crippen LogP) is 3.37. The molecule has 1 N–H and O–H groups in total. The van der Waals surface area contributed by atoms with Crippen molar-refractivity contribution in [2.24, 2.45) is 5.10 Å². The lowest BCUT2D eigenvalue weighted by molar-refractivity contribution is 0.0954. The Labute approximate surface area is 123 Å². The fourth-order valence-corrected chi connectivity index (χ4v) is 2.70. The number of amides is 1. The van der Waals surface area contributed by atoms with E-state index in [4.69, 9.17) is 0 Å². The first-order chi connectivity index (χ1) is 9.06. The van der Waals surface area contributed by atoms with Crippen molar-refractivity contribution in [3.8, 4) is 0 Å². The highest BCUT2D eigenvalue weighted by atomic mass is 79.9. The van der Waals surface area contributed by atoms with Gasteiger partial charge in [-0.25, -0.2) is 5.43 Å². The van der Waals surface area contributed by atoms with Gasteiger partial charge in [-0.2, -0.15) is 5.10 Å². The zero-order valence-corrected chi connectivity index (χ0v) is 12.9. The molecule has 2 rings (SSSR count). The van der Waals surface area contributed by atoms with Crippen LogP contribution in [0.4, 0.5) is 0 Å². The summed E-state index contributed by atoms with van der Waals surface area (Å²) in [7, 11) is 0. The Morgan fingerprint density at radius 1 is 1.37 bits per heavy atom. The molecule has 0 atom stereocenters. The van der Waals surface area contributed by atoms with Gasteiger partial charge in [-0.05, 0) is 54.0 Å². The fraction of sp³-hybridized carbons (Fsp3) is 0.154. The zero-order chi connectivity index (χ0) is 13.8. The van der Waals surface area contributed by atoms with Gasteiger partial charge in [0.15, 0.2) is 0 Å². The lowest BCUT2D eigenvalue weighted by atomic mass is 10.2. The molecular formula is C13H12BrN3OS. The van der Waals surface area contributed by atoms with E-state index in [1.165, 1.54) is 6.20 Å². The first kappa shape index (κ1) is 13.9. The molecule has 4 nitrogen and oxygen atoms in total. The van der Waals surface area contributed by atoms with E-state index in [2.05, 4.69) is 31.4 Å². The molecule has 0 saturated heterocycles. The van der Waals surface area contributed by atoms with Crippen molar-refractivity contribution in [3.63, 3.8) is 0 Å². The Morgan fingerprint density at radius 3 is 2.74 bits per heavy atom. The Bertz CT molecular complexity index is 619. The van der Waals surface area contributed by atoms with Gasteiger partial charge in [-0.3, -0.25) is 9.78 Å². The van der Waals surface area contributed by atoms with Crippen molar-refractivity contribution in [1.82, 2.24) is 10.4 Å². The van der Waals surface area contributed by atoms with Crippen LogP contribution < -0.4 is 5.43 Å². The number of aromatic nitrogens is 1. The molecular weight excluding hydrogens is 326 g/mol. The summed E-state index contributed by atoms with van der Waals surface area (Å²) < 4.78 is 1.03. The second-order valence-electron chi connectivity index (χ2n) is 3.93. The van der Waals surface area contributed by atoms with Gasteiger partial charge in [0, 0.05) is 11.9 Å². The van der Waals surface area contributed by atoms with Crippen LogP contribution in [0.25, 0.3) is 0 Å². The number of nitrogens with zero attached hydrogens (tertiary/aromatic N) is 2. The van der Waals surface area contributed by atoms with Crippen LogP contribution in [-0.2, 0) is 0 Å². The number of halogens is 1. The molecule has 0 radical (unpaired) electrons. The van der Waals surface area contributed by atoms with Crippen LogP contribution in [0.15, 0.2) is 39.4 Å². The molecule has 0 aliphatic carbocycles. The first-order valence-corrected chi connectivity index (χ1v) is 7.20. The molecule has 0 fully saturated rings. The first-order valence-electron chi connectivity index (χ1n) is 5.59. The Balaban J connectivity index is 2.05. The topological polar surface area (TPSA) is 54.4 Å². The molecule has 0 unspecified atom stereocenters. The number of pyridine rings is 1. The standard InChI is InChI=1S/C13H12BrN3OS/c1-8-3-4-10(7-15-8)13(18)17-16-9(2)11-5-6-12(14)19-11/h3-7H,1-2H3,(H,17,18)/b16-9-. The molecule has 0 saturated carbocycles. The summed E-state index contributed by atoms with van der Waals surface area (Å²) in [6.07, 6.45) is 1.54. The molecule has 0 spiro atoms. The molecule has 0 bridgehead atoms. The molecule has 2 aromatic rings. The van der Waals surface area contributed by atoms with E-state index in [9.17, 15) is 4.79 Å². The van der Waals surface area contributed by atoms with Crippen LogP contribution in [0.1, 0.15) is 27.9 Å². The number of aryl methyl sites for hydroxylation is 1. The quantitative estimate of drug-likeness (QED) is 0.689. The van der Waals surface area contributed by atoms with Gasteiger partial charge in [0.05, 0.1) is 19.9 Å². The number of hydrogen-bond acceptors (Lipinski definition) is 4. The second-order valence-corrected chi connectivity index (χ2v) is 6.39. The van der Waals surface area contributed by atoms with Gasteiger partial charge in [-0.15, -0.1) is 11.3 Å². The number of thiophene rings is 1. The van der Waals surface area contributed by atoms with E-state index in [-0.39, 0.29) is 5.91 Å². The van der Waals surface area contributed by atoms with Gasteiger partial charge in [0.1, 0.15) is 0 Å². The molecule has 2 aromatic heterocycles. The third kappa shape index (κ3) is 3.71. The number of carbonyl (C=O) groups excluding carboxylic acids is 1. The maximum absolute atomic E-state index is 11.8. The monoisotopic (exact) mass is 337 g/mol. The molecule has 98 valence electrons. The third-order valence-electron chi connectivity index (χ3n) is 2.43. The van der Waals surface area contributed by atoms with Crippen LogP contribution in [0.5, 0.6) is 0 Å². The van der Waals surface area contributed by atoms with Gasteiger partial charge in [-0.1, -0.05) is 0 Å². The highest BCUT2D eigenvalue weighted by molar-refractivity contribution is 9.11. The van der Waals surface area contributed by atoms with Crippen molar-refractivity contribution in [1.29, 1.82) is 0 Å². The van der Waals surface area contributed by atoms with Crippen molar-refractivity contribution >= 4 is 38.9 Å².